The summed E-state index contributed by atoms with van der Waals surface area (Å²) in [5.74, 6) is -0.0114. The Labute approximate surface area is 158 Å². The minimum absolute atomic E-state index is 0.00173. The lowest BCUT2D eigenvalue weighted by molar-refractivity contribution is -0.384. The number of nitro benzene ring substituents is 1. The zero-order valence-electron chi connectivity index (χ0n) is 12.5. The fraction of sp³-hybridized carbons (Fsp3) is 0.0667. The number of carbonyl (C=O) groups is 1. The number of nitro groups is 1. The molecule has 0 bridgehead atoms. The highest BCUT2D eigenvalue weighted by Crippen LogP contribution is 2.27. The standard InChI is InChI=1S/C15H11Cl2N3O4S/c16-9-1-4-11(5-2-9)24-8-14(21)19-15(25)18-10-3-6-12(17)13(7-10)20(22)23/h1-7H,8H2,(H2,18,19,21,25). The van der Waals surface area contributed by atoms with Crippen LogP contribution in [0.15, 0.2) is 42.5 Å². The van der Waals surface area contributed by atoms with Crippen molar-refractivity contribution in [2.24, 2.45) is 0 Å². The maximum atomic E-state index is 11.8. The number of nitrogens with one attached hydrogen (secondary N) is 2. The molecular formula is C15H11Cl2N3O4S. The molecule has 0 saturated heterocycles. The van der Waals surface area contributed by atoms with Gasteiger partial charge in [0.1, 0.15) is 10.8 Å². The van der Waals surface area contributed by atoms with E-state index in [-0.39, 0.29) is 22.4 Å². The predicted octanol–water partition coefficient (Wildman–Crippen LogP) is 3.79. The Morgan fingerprint density at radius 2 is 1.88 bits per heavy atom. The number of ether oxygens (including phenoxy) is 1. The highest BCUT2D eigenvalue weighted by Gasteiger charge is 2.14. The third-order valence-corrected chi connectivity index (χ3v) is 3.61. The van der Waals surface area contributed by atoms with E-state index < -0.39 is 10.8 Å². The van der Waals surface area contributed by atoms with E-state index in [1.807, 2.05) is 0 Å². The van der Waals surface area contributed by atoms with Gasteiger partial charge < -0.3 is 10.1 Å². The Morgan fingerprint density at radius 3 is 2.52 bits per heavy atom. The molecule has 1 amide bonds. The third kappa shape index (κ3) is 5.86. The molecule has 2 rings (SSSR count). The van der Waals surface area contributed by atoms with Crippen molar-refractivity contribution >= 4 is 57.8 Å². The summed E-state index contributed by atoms with van der Waals surface area (Å²) in [6.07, 6.45) is 0. The molecule has 130 valence electrons. The van der Waals surface area contributed by atoms with Crippen LogP contribution in [-0.4, -0.2) is 22.5 Å². The summed E-state index contributed by atoms with van der Waals surface area (Å²) in [6.45, 7) is -0.260. The van der Waals surface area contributed by atoms with Crippen molar-refractivity contribution in [3.05, 3.63) is 62.6 Å². The molecule has 0 heterocycles. The highest BCUT2D eigenvalue weighted by atomic mass is 35.5. The number of nitrogens with zero attached hydrogens (tertiary/aromatic N) is 1. The third-order valence-electron chi connectivity index (χ3n) is 2.84. The molecule has 10 heteroatoms. The molecule has 7 nitrogen and oxygen atoms in total. The summed E-state index contributed by atoms with van der Waals surface area (Å²) in [5.41, 5.74) is 0.0480. The van der Waals surface area contributed by atoms with Gasteiger partial charge in [-0.25, -0.2) is 0 Å². The van der Waals surface area contributed by atoms with Crippen LogP contribution in [0.4, 0.5) is 11.4 Å². The fourth-order valence-corrected chi connectivity index (χ4v) is 2.28. The van der Waals surface area contributed by atoms with Crippen molar-refractivity contribution in [1.29, 1.82) is 0 Å². The molecule has 0 atom stereocenters. The second-order valence-corrected chi connectivity index (χ2v) is 5.92. The van der Waals surface area contributed by atoms with Gasteiger partial charge in [-0.05, 0) is 48.6 Å². The largest absolute Gasteiger partial charge is 0.484 e. The molecule has 0 unspecified atom stereocenters. The smallest absolute Gasteiger partial charge is 0.289 e. The lowest BCUT2D eigenvalue weighted by Crippen LogP contribution is -2.37. The zero-order valence-corrected chi connectivity index (χ0v) is 14.8. The molecule has 0 aromatic heterocycles. The minimum Gasteiger partial charge on any atom is -0.484 e. The van der Waals surface area contributed by atoms with Crippen LogP contribution in [0.3, 0.4) is 0 Å². The van der Waals surface area contributed by atoms with Crippen LogP contribution in [-0.2, 0) is 4.79 Å². The molecule has 0 radical (unpaired) electrons. The van der Waals surface area contributed by atoms with Crippen molar-refractivity contribution < 1.29 is 14.5 Å². The van der Waals surface area contributed by atoms with E-state index in [1.54, 1.807) is 24.3 Å². The van der Waals surface area contributed by atoms with Gasteiger partial charge in [0.25, 0.3) is 11.6 Å². The van der Waals surface area contributed by atoms with Crippen LogP contribution in [0.2, 0.25) is 10.0 Å². The van der Waals surface area contributed by atoms with Gasteiger partial charge in [0.15, 0.2) is 11.7 Å². The number of hydrogen-bond donors (Lipinski definition) is 2. The van der Waals surface area contributed by atoms with Crippen LogP contribution in [0, 0.1) is 10.1 Å². The van der Waals surface area contributed by atoms with Crippen molar-refractivity contribution in [3.8, 4) is 5.75 Å². The number of benzene rings is 2. The number of halogens is 2. The van der Waals surface area contributed by atoms with Crippen LogP contribution in [0.5, 0.6) is 5.75 Å². The monoisotopic (exact) mass is 399 g/mol. The zero-order chi connectivity index (χ0) is 18.4. The molecule has 2 aromatic carbocycles. The lowest BCUT2D eigenvalue weighted by atomic mass is 10.3. The molecular weight excluding hydrogens is 389 g/mol. The van der Waals surface area contributed by atoms with Gasteiger partial charge in [0.2, 0.25) is 0 Å². The Hall–Kier alpha value is -2.42. The summed E-state index contributed by atoms with van der Waals surface area (Å²) in [5, 5.41) is 16.4. The molecule has 0 aliphatic carbocycles. The Bertz CT molecular complexity index is 815. The van der Waals surface area contributed by atoms with E-state index in [4.69, 9.17) is 40.2 Å². The van der Waals surface area contributed by atoms with Gasteiger partial charge in [-0.3, -0.25) is 20.2 Å². The summed E-state index contributed by atoms with van der Waals surface area (Å²) in [4.78, 5) is 22.0. The Morgan fingerprint density at radius 1 is 1.20 bits per heavy atom. The first-order valence-electron chi connectivity index (χ1n) is 6.78. The number of thiocarbonyl (C=S) groups is 1. The fourth-order valence-electron chi connectivity index (χ4n) is 1.74. The molecule has 0 saturated carbocycles. The number of rotatable bonds is 5. The van der Waals surface area contributed by atoms with Crippen LogP contribution in [0.25, 0.3) is 0 Å². The van der Waals surface area contributed by atoms with Crippen molar-refractivity contribution in [2.75, 3.05) is 11.9 Å². The van der Waals surface area contributed by atoms with Gasteiger partial charge in [0.05, 0.1) is 4.92 Å². The summed E-state index contributed by atoms with van der Waals surface area (Å²) >= 11 is 16.5. The molecule has 0 fully saturated rings. The van der Waals surface area contributed by atoms with Gasteiger partial charge in [-0.2, -0.15) is 0 Å². The van der Waals surface area contributed by atoms with E-state index in [0.717, 1.165) is 0 Å². The average molecular weight is 400 g/mol. The topological polar surface area (TPSA) is 93.5 Å². The molecule has 0 spiro atoms. The van der Waals surface area contributed by atoms with Gasteiger partial charge in [0, 0.05) is 16.8 Å². The normalized spacial score (nSPS) is 10.0. The Balaban J connectivity index is 1.87. The van der Waals surface area contributed by atoms with Gasteiger partial charge in [-0.15, -0.1) is 0 Å². The molecule has 0 aliphatic heterocycles. The van der Waals surface area contributed by atoms with Crippen molar-refractivity contribution in [1.82, 2.24) is 5.32 Å². The second-order valence-electron chi connectivity index (χ2n) is 4.67. The van der Waals surface area contributed by atoms with E-state index in [2.05, 4.69) is 10.6 Å². The molecule has 0 aliphatic rings. The minimum atomic E-state index is -0.616. The number of amides is 1. The van der Waals surface area contributed by atoms with E-state index in [9.17, 15) is 14.9 Å². The van der Waals surface area contributed by atoms with Gasteiger partial charge in [-0.1, -0.05) is 23.2 Å². The van der Waals surface area contributed by atoms with Crippen molar-refractivity contribution in [3.63, 3.8) is 0 Å². The molecule has 25 heavy (non-hydrogen) atoms. The first-order valence-corrected chi connectivity index (χ1v) is 7.94. The number of carbonyl (C=O) groups excluding carboxylic acids is 1. The number of hydrogen-bond acceptors (Lipinski definition) is 5. The van der Waals surface area contributed by atoms with Gasteiger partial charge >= 0.3 is 0 Å². The van der Waals surface area contributed by atoms with Crippen molar-refractivity contribution in [2.45, 2.75) is 0 Å². The van der Waals surface area contributed by atoms with Crippen LogP contribution in [0.1, 0.15) is 0 Å². The maximum Gasteiger partial charge on any atom is 0.289 e. The van der Waals surface area contributed by atoms with E-state index in [1.165, 1.54) is 18.2 Å². The van der Waals surface area contributed by atoms with E-state index in [0.29, 0.717) is 16.5 Å². The molecule has 2 aromatic rings. The highest BCUT2D eigenvalue weighted by molar-refractivity contribution is 7.80. The predicted molar refractivity (Wildman–Crippen MR) is 99.4 cm³/mol. The maximum absolute atomic E-state index is 11.8. The van der Waals surface area contributed by atoms with E-state index >= 15 is 0 Å². The summed E-state index contributed by atoms with van der Waals surface area (Å²) in [7, 11) is 0. The van der Waals surface area contributed by atoms with Crippen LogP contribution >= 0.6 is 35.4 Å². The summed E-state index contributed by atoms with van der Waals surface area (Å²) in [6, 6.07) is 10.6. The Kier molecular flexibility index (Phi) is 6.51. The number of anilines is 1. The quantitative estimate of drug-likeness (QED) is 0.451. The average Bonchev–Trinajstić information content (AvgIpc) is 2.55. The molecule has 2 N–H and O–H groups in total. The SMILES string of the molecule is O=C(COc1ccc(Cl)cc1)NC(=S)Nc1ccc(Cl)c([N+](=O)[O-])c1. The lowest BCUT2D eigenvalue weighted by Gasteiger charge is -2.10. The first-order chi connectivity index (χ1) is 11.8. The second kappa shape index (κ2) is 8.61. The first kappa shape index (κ1) is 18.9. The summed E-state index contributed by atoms with van der Waals surface area (Å²) < 4.78 is 5.28. The van der Waals surface area contributed by atoms with Crippen LogP contribution < -0.4 is 15.4 Å².